The lowest BCUT2D eigenvalue weighted by Gasteiger charge is -2.12. The highest BCUT2D eigenvalue weighted by molar-refractivity contribution is 8.00. The predicted molar refractivity (Wildman–Crippen MR) is 104 cm³/mol. The van der Waals surface area contributed by atoms with Crippen molar-refractivity contribution in [3.63, 3.8) is 0 Å². The van der Waals surface area contributed by atoms with E-state index in [-0.39, 0.29) is 22.2 Å². The molecule has 2 aromatic rings. The molecule has 1 aliphatic heterocycles. The van der Waals surface area contributed by atoms with Gasteiger partial charge >= 0.3 is 6.18 Å². The third-order valence-corrected chi connectivity index (χ3v) is 6.28. The normalized spacial score (nSPS) is 16.1. The van der Waals surface area contributed by atoms with Crippen LogP contribution in [0.1, 0.15) is 25.1 Å². The lowest BCUT2D eigenvalue weighted by atomic mass is 10.2. The number of benzene rings is 1. The summed E-state index contributed by atoms with van der Waals surface area (Å²) in [6.07, 6.45) is -3.78. The Morgan fingerprint density at radius 2 is 2.18 bits per heavy atom. The van der Waals surface area contributed by atoms with E-state index < -0.39 is 17.6 Å². The zero-order chi connectivity index (χ0) is 20.5. The largest absolute Gasteiger partial charge is 0.416 e. The molecular weight excluding hydrogens is 411 g/mol. The number of rotatable bonds is 5. The number of nitrogens with one attached hydrogen (secondary N) is 1. The van der Waals surface area contributed by atoms with Crippen molar-refractivity contribution in [2.45, 2.75) is 48.3 Å². The van der Waals surface area contributed by atoms with Gasteiger partial charge in [0.05, 0.1) is 21.9 Å². The Morgan fingerprint density at radius 3 is 2.86 bits per heavy atom. The molecule has 28 heavy (non-hydrogen) atoms. The lowest BCUT2D eigenvalue weighted by molar-refractivity contribution is -0.137. The summed E-state index contributed by atoms with van der Waals surface area (Å²) in [7, 11) is 0. The van der Waals surface area contributed by atoms with E-state index in [1.807, 2.05) is 13.8 Å². The first kappa shape index (κ1) is 20.8. The van der Waals surface area contributed by atoms with Gasteiger partial charge in [0.2, 0.25) is 5.91 Å². The molecule has 10 heteroatoms. The minimum atomic E-state index is -4.48. The number of anilines is 1. The second-order valence-corrected chi connectivity index (χ2v) is 8.66. The molecule has 150 valence electrons. The molecule has 1 aliphatic rings. The number of hydrogen-bond donors (Lipinski definition) is 1. The van der Waals surface area contributed by atoms with Crippen molar-refractivity contribution in [2.75, 3.05) is 11.1 Å². The minimum Gasteiger partial charge on any atom is -0.325 e. The average Bonchev–Trinajstić information content (AvgIpc) is 3.00. The van der Waals surface area contributed by atoms with Gasteiger partial charge in [-0.25, -0.2) is 4.98 Å². The fraction of sp³-hybridized carbons (Fsp3) is 0.389. The van der Waals surface area contributed by atoms with E-state index in [4.69, 9.17) is 0 Å². The molecule has 0 radical (unpaired) electrons. The number of carbonyl (C=O) groups excluding carboxylic acids is 1. The zero-order valence-electron chi connectivity index (χ0n) is 15.2. The number of carbonyl (C=O) groups is 1. The van der Waals surface area contributed by atoms with Crippen molar-refractivity contribution < 1.29 is 18.0 Å². The van der Waals surface area contributed by atoms with Crippen LogP contribution in [0.25, 0.3) is 0 Å². The highest BCUT2D eigenvalue weighted by Crippen LogP contribution is 2.34. The van der Waals surface area contributed by atoms with Crippen LogP contribution in [-0.4, -0.2) is 26.5 Å². The average molecular weight is 429 g/mol. The topological polar surface area (TPSA) is 64.0 Å². The summed E-state index contributed by atoms with van der Waals surface area (Å²) in [5.74, 6) is -0.533. The van der Waals surface area contributed by atoms with Gasteiger partial charge in [-0.3, -0.25) is 14.2 Å². The van der Waals surface area contributed by atoms with Crippen molar-refractivity contribution >= 4 is 35.1 Å². The second kappa shape index (κ2) is 8.20. The second-order valence-electron chi connectivity index (χ2n) is 6.27. The Bertz CT molecular complexity index is 960. The molecule has 2 heterocycles. The van der Waals surface area contributed by atoms with E-state index >= 15 is 0 Å². The molecule has 5 nitrogen and oxygen atoms in total. The van der Waals surface area contributed by atoms with Gasteiger partial charge in [0, 0.05) is 23.9 Å². The van der Waals surface area contributed by atoms with Crippen LogP contribution in [0.15, 0.2) is 39.1 Å². The summed E-state index contributed by atoms with van der Waals surface area (Å²) in [6.45, 7) is 4.27. The van der Waals surface area contributed by atoms with Gasteiger partial charge < -0.3 is 5.32 Å². The van der Waals surface area contributed by atoms with Crippen LogP contribution in [0.3, 0.4) is 0 Å². The predicted octanol–water partition coefficient (Wildman–Crippen LogP) is 4.05. The molecule has 1 aromatic carbocycles. The van der Waals surface area contributed by atoms with E-state index in [0.29, 0.717) is 23.0 Å². The maximum absolute atomic E-state index is 12.8. The van der Waals surface area contributed by atoms with E-state index in [2.05, 4.69) is 10.3 Å². The van der Waals surface area contributed by atoms with E-state index in [1.165, 1.54) is 28.5 Å². The van der Waals surface area contributed by atoms with Crippen LogP contribution in [-0.2, 0) is 23.9 Å². The first-order chi connectivity index (χ1) is 13.2. The number of fused-ring (bicyclic) bond motifs is 1. The van der Waals surface area contributed by atoms with Crippen molar-refractivity contribution in [3.8, 4) is 0 Å². The number of amides is 1. The third-order valence-electron chi connectivity index (χ3n) is 4.09. The highest BCUT2D eigenvalue weighted by atomic mass is 32.2. The molecule has 1 atom stereocenters. The molecule has 0 unspecified atom stereocenters. The van der Waals surface area contributed by atoms with Crippen molar-refractivity contribution in [1.29, 1.82) is 0 Å². The van der Waals surface area contributed by atoms with E-state index in [0.717, 1.165) is 29.6 Å². The van der Waals surface area contributed by atoms with Crippen molar-refractivity contribution in [3.05, 3.63) is 45.9 Å². The number of nitrogens with zero attached hydrogens (tertiary/aromatic N) is 2. The maximum atomic E-state index is 12.8. The number of hydrogen-bond acceptors (Lipinski definition) is 5. The minimum absolute atomic E-state index is 0.0653. The number of aromatic nitrogens is 2. The Morgan fingerprint density at radius 1 is 1.43 bits per heavy atom. The number of thioether (sulfide) groups is 2. The fourth-order valence-electron chi connectivity index (χ4n) is 2.82. The van der Waals surface area contributed by atoms with E-state index in [1.54, 1.807) is 0 Å². The summed E-state index contributed by atoms with van der Waals surface area (Å²) in [6, 6.07) is 4.46. The smallest absolute Gasteiger partial charge is 0.325 e. The number of halogens is 3. The molecule has 0 fully saturated rings. The molecule has 1 amide bonds. The van der Waals surface area contributed by atoms with Crippen molar-refractivity contribution in [1.82, 2.24) is 9.55 Å². The summed E-state index contributed by atoms with van der Waals surface area (Å²) >= 11 is 2.61. The van der Waals surface area contributed by atoms with Crippen LogP contribution >= 0.6 is 23.5 Å². The summed E-state index contributed by atoms with van der Waals surface area (Å²) in [5, 5.41) is 3.18. The SMILES string of the molecule is CCn1c(SCC(=O)Nc2cccc(C(F)(F)F)c2)nc2c(c1=O)S[C@@H](C)C2. The Kier molecular flexibility index (Phi) is 6.09. The van der Waals surface area contributed by atoms with Gasteiger partial charge in [0.1, 0.15) is 0 Å². The highest BCUT2D eigenvalue weighted by Gasteiger charge is 2.30. The van der Waals surface area contributed by atoms with Gasteiger partial charge in [0.25, 0.3) is 5.56 Å². The molecule has 1 aromatic heterocycles. The molecular formula is C18H18F3N3O2S2. The molecule has 0 bridgehead atoms. The summed E-state index contributed by atoms with van der Waals surface area (Å²) < 4.78 is 39.8. The lowest BCUT2D eigenvalue weighted by Crippen LogP contribution is -2.25. The van der Waals surface area contributed by atoms with Crippen LogP contribution in [0, 0.1) is 0 Å². The summed E-state index contributed by atoms with van der Waals surface area (Å²) in [4.78, 5) is 30.0. The molecule has 0 saturated heterocycles. The van der Waals surface area contributed by atoms with Gasteiger partial charge in [-0.2, -0.15) is 13.2 Å². The Labute approximate surface area is 168 Å². The van der Waals surface area contributed by atoms with Crippen LogP contribution < -0.4 is 10.9 Å². The Balaban J connectivity index is 1.71. The van der Waals surface area contributed by atoms with E-state index in [9.17, 15) is 22.8 Å². The first-order valence-corrected chi connectivity index (χ1v) is 10.5. The molecule has 0 spiro atoms. The number of alkyl halides is 3. The Hall–Kier alpha value is -1.94. The van der Waals surface area contributed by atoms with Gasteiger partial charge in [0.15, 0.2) is 5.16 Å². The van der Waals surface area contributed by atoms with Crippen LogP contribution in [0.5, 0.6) is 0 Å². The standard InChI is InChI=1S/C18H18F3N3O2S2/c1-3-24-16(26)15-13(7-10(2)28-15)23-17(24)27-9-14(25)22-12-6-4-5-11(8-12)18(19,20)21/h4-6,8,10H,3,7,9H2,1-2H3,(H,22,25)/t10-/m0/s1. The molecule has 0 saturated carbocycles. The van der Waals surface area contributed by atoms with Gasteiger partial charge in [-0.05, 0) is 25.1 Å². The third kappa shape index (κ3) is 4.54. The first-order valence-electron chi connectivity index (χ1n) is 8.59. The van der Waals surface area contributed by atoms with Gasteiger partial charge in [-0.1, -0.05) is 24.8 Å². The maximum Gasteiger partial charge on any atom is 0.416 e. The summed E-state index contributed by atoms with van der Waals surface area (Å²) in [5.41, 5.74) is -0.124. The molecule has 1 N–H and O–H groups in total. The fourth-order valence-corrected chi connectivity index (χ4v) is 4.82. The molecule has 3 rings (SSSR count). The quantitative estimate of drug-likeness (QED) is 0.574. The van der Waals surface area contributed by atoms with Gasteiger partial charge in [-0.15, -0.1) is 11.8 Å². The molecule has 0 aliphatic carbocycles. The van der Waals surface area contributed by atoms with Crippen molar-refractivity contribution in [2.24, 2.45) is 0 Å². The van der Waals surface area contributed by atoms with Crippen LogP contribution in [0.4, 0.5) is 18.9 Å². The monoisotopic (exact) mass is 429 g/mol. The van der Waals surface area contributed by atoms with Crippen LogP contribution in [0.2, 0.25) is 0 Å². The zero-order valence-corrected chi connectivity index (χ0v) is 16.8.